The number of hydrogen-bond donors (Lipinski definition) is 0. The van der Waals surface area contributed by atoms with E-state index in [1.54, 1.807) is 0 Å². The van der Waals surface area contributed by atoms with E-state index < -0.39 is 5.41 Å². The lowest BCUT2D eigenvalue weighted by atomic mass is 9.70. The lowest BCUT2D eigenvalue weighted by Gasteiger charge is -2.34. The van der Waals surface area contributed by atoms with Crippen LogP contribution in [0.2, 0.25) is 0 Å². The average Bonchev–Trinajstić information content (AvgIpc) is 3.86. The molecule has 1 spiro atoms. The predicted octanol–water partition coefficient (Wildman–Crippen LogP) is 17.0. The molecule has 3 aliphatic carbocycles. The maximum Gasteiger partial charge on any atom is 0.0726 e. The van der Waals surface area contributed by atoms with E-state index in [1.165, 1.54) is 119 Å². The van der Waals surface area contributed by atoms with Crippen molar-refractivity contribution in [1.82, 2.24) is 0 Å². The SMILES string of the molecule is c1ccc(-c2ccc(-c3ccc(N(c4ccc(-c5ccccc5)cc4)c4cc5c(cc4-c4cccc6c4CCCC6)-c4ccccc4C54c5ccccc5-c5ccccc54)cc3)cc2)cc1. The summed E-state index contributed by atoms with van der Waals surface area (Å²) in [7, 11) is 0. The summed E-state index contributed by atoms with van der Waals surface area (Å²) >= 11 is 0. The molecule has 66 heavy (non-hydrogen) atoms. The van der Waals surface area contributed by atoms with Crippen molar-refractivity contribution in [2.45, 2.75) is 31.1 Å². The van der Waals surface area contributed by atoms with Crippen molar-refractivity contribution in [1.29, 1.82) is 0 Å². The molecule has 0 unspecified atom stereocenters. The molecule has 1 nitrogen and oxygen atoms in total. The zero-order chi connectivity index (χ0) is 43.6. The van der Waals surface area contributed by atoms with Crippen molar-refractivity contribution in [3.8, 4) is 66.8 Å². The van der Waals surface area contributed by atoms with E-state index in [-0.39, 0.29) is 0 Å². The van der Waals surface area contributed by atoms with E-state index >= 15 is 0 Å². The summed E-state index contributed by atoms with van der Waals surface area (Å²) in [6, 6.07) is 88.5. The maximum atomic E-state index is 2.59. The first-order valence-electron chi connectivity index (χ1n) is 23.5. The highest BCUT2D eigenvalue weighted by Gasteiger charge is 2.52. The van der Waals surface area contributed by atoms with Crippen molar-refractivity contribution in [2.75, 3.05) is 4.90 Å². The summed E-state index contributed by atoms with van der Waals surface area (Å²) in [6.07, 6.45) is 4.67. The van der Waals surface area contributed by atoms with Gasteiger partial charge in [0.1, 0.15) is 0 Å². The van der Waals surface area contributed by atoms with E-state index in [9.17, 15) is 0 Å². The molecule has 0 amide bonds. The first kappa shape index (κ1) is 38.5. The van der Waals surface area contributed by atoms with Gasteiger partial charge in [-0.25, -0.2) is 0 Å². The fourth-order valence-electron chi connectivity index (χ4n) is 11.7. The fraction of sp³-hybridized carbons (Fsp3) is 0.0769. The van der Waals surface area contributed by atoms with Gasteiger partial charge in [0.05, 0.1) is 11.1 Å². The molecule has 0 saturated heterocycles. The summed E-state index contributed by atoms with van der Waals surface area (Å²) in [5, 5.41) is 0. The molecule has 1 heteroatoms. The highest BCUT2D eigenvalue weighted by atomic mass is 15.1. The second-order valence-corrected chi connectivity index (χ2v) is 18.2. The fourth-order valence-corrected chi connectivity index (χ4v) is 11.7. The molecule has 0 atom stereocenters. The predicted molar refractivity (Wildman–Crippen MR) is 276 cm³/mol. The number of fused-ring (bicyclic) bond motifs is 11. The van der Waals surface area contributed by atoms with Crippen LogP contribution in [-0.4, -0.2) is 0 Å². The zero-order valence-corrected chi connectivity index (χ0v) is 36.8. The van der Waals surface area contributed by atoms with Gasteiger partial charge in [-0.15, -0.1) is 0 Å². The van der Waals surface area contributed by atoms with Gasteiger partial charge in [-0.2, -0.15) is 0 Å². The van der Waals surface area contributed by atoms with Crippen LogP contribution in [0, 0.1) is 0 Å². The molecule has 0 radical (unpaired) electrons. The highest BCUT2D eigenvalue weighted by molar-refractivity contribution is 6.00. The summed E-state index contributed by atoms with van der Waals surface area (Å²) < 4.78 is 0. The Balaban J connectivity index is 1.06. The molecule has 3 aliphatic rings. The highest BCUT2D eigenvalue weighted by Crippen LogP contribution is 2.64. The number of nitrogens with zero attached hydrogens (tertiary/aromatic N) is 1. The van der Waals surface area contributed by atoms with Gasteiger partial charge in [-0.3, -0.25) is 0 Å². The Morgan fingerprint density at radius 1 is 0.288 bits per heavy atom. The molecule has 10 aromatic rings. The van der Waals surface area contributed by atoms with Crippen molar-refractivity contribution < 1.29 is 0 Å². The lowest BCUT2D eigenvalue weighted by molar-refractivity contribution is 0.687. The Kier molecular flexibility index (Phi) is 9.10. The molecule has 0 bridgehead atoms. The molecule has 0 saturated carbocycles. The molecule has 0 aromatic heterocycles. The monoisotopic (exact) mass is 841 g/mol. The van der Waals surface area contributed by atoms with Crippen molar-refractivity contribution in [3.63, 3.8) is 0 Å². The third kappa shape index (κ3) is 6.00. The van der Waals surface area contributed by atoms with Crippen LogP contribution in [0.25, 0.3) is 66.8 Å². The van der Waals surface area contributed by atoms with Crippen LogP contribution in [0.15, 0.2) is 237 Å². The van der Waals surface area contributed by atoms with E-state index in [0.29, 0.717) is 0 Å². The summed E-state index contributed by atoms with van der Waals surface area (Å²) in [5.74, 6) is 0. The first-order chi connectivity index (χ1) is 32.7. The van der Waals surface area contributed by atoms with Gasteiger partial charge in [0, 0.05) is 16.9 Å². The Labute approximate surface area is 388 Å². The topological polar surface area (TPSA) is 3.24 Å². The normalized spacial score (nSPS) is 13.6. The van der Waals surface area contributed by atoms with Crippen LogP contribution >= 0.6 is 0 Å². The molecule has 312 valence electrons. The average molecular weight is 842 g/mol. The van der Waals surface area contributed by atoms with Crippen LogP contribution in [0.4, 0.5) is 17.1 Å². The molecule has 10 aromatic carbocycles. The van der Waals surface area contributed by atoms with Crippen LogP contribution < -0.4 is 4.90 Å². The third-order valence-corrected chi connectivity index (χ3v) is 14.7. The van der Waals surface area contributed by atoms with Crippen LogP contribution in [0.3, 0.4) is 0 Å². The number of anilines is 3. The smallest absolute Gasteiger partial charge is 0.0726 e. The van der Waals surface area contributed by atoms with Gasteiger partial charge >= 0.3 is 0 Å². The summed E-state index contributed by atoms with van der Waals surface area (Å²) in [5.41, 5.74) is 26.5. The largest absolute Gasteiger partial charge is 0.310 e. The lowest BCUT2D eigenvalue weighted by Crippen LogP contribution is -2.26. The van der Waals surface area contributed by atoms with Crippen LogP contribution in [0.1, 0.15) is 46.2 Å². The number of hydrogen-bond acceptors (Lipinski definition) is 1. The second-order valence-electron chi connectivity index (χ2n) is 18.2. The van der Waals surface area contributed by atoms with Crippen molar-refractivity contribution >= 4 is 17.1 Å². The van der Waals surface area contributed by atoms with Crippen molar-refractivity contribution in [2.24, 2.45) is 0 Å². The number of rotatable bonds is 7. The minimum absolute atomic E-state index is 0.471. The van der Waals surface area contributed by atoms with Gasteiger partial charge in [0.25, 0.3) is 0 Å². The molecular formula is C65H47N. The molecule has 0 heterocycles. The second kappa shape index (κ2) is 15.6. The van der Waals surface area contributed by atoms with E-state index in [4.69, 9.17) is 0 Å². The van der Waals surface area contributed by atoms with Gasteiger partial charge in [-0.05, 0) is 157 Å². The minimum Gasteiger partial charge on any atom is -0.310 e. The van der Waals surface area contributed by atoms with Gasteiger partial charge < -0.3 is 4.90 Å². The van der Waals surface area contributed by atoms with Crippen molar-refractivity contribution in [3.05, 3.63) is 270 Å². The Hall–Kier alpha value is -8.00. The third-order valence-electron chi connectivity index (χ3n) is 14.7. The standard InChI is InChI=1S/C65H47N/c1-3-16-44(17-4-1)46-30-32-47(33-31-46)49-36-40-52(41-37-49)66(51-38-34-48(35-39-51)45-18-5-2-6-19-45)64-43-63-58(42-59(64)54-26-15-21-50-20-7-8-22-53(50)54)57-25-11-14-29-62(57)65(63)60-27-12-9-23-55(60)56-24-10-13-28-61(56)65/h1-6,9-19,21,23-43H,7-8,20,22H2. The Morgan fingerprint density at radius 2 is 0.697 bits per heavy atom. The van der Waals surface area contributed by atoms with E-state index in [2.05, 4.69) is 241 Å². The van der Waals surface area contributed by atoms with Crippen LogP contribution in [-0.2, 0) is 18.3 Å². The molecular weight excluding hydrogens is 795 g/mol. The summed E-state index contributed by atoms with van der Waals surface area (Å²) in [6.45, 7) is 0. The van der Waals surface area contributed by atoms with Gasteiger partial charge in [0.2, 0.25) is 0 Å². The molecule has 0 aliphatic heterocycles. The molecule has 13 rings (SSSR count). The quantitative estimate of drug-likeness (QED) is 0.155. The number of aryl methyl sites for hydroxylation is 1. The Morgan fingerprint density at radius 3 is 1.21 bits per heavy atom. The Bertz CT molecular complexity index is 3390. The number of benzene rings is 10. The van der Waals surface area contributed by atoms with E-state index in [1.807, 2.05) is 0 Å². The van der Waals surface area contributed by atoms with Gasteiger partial charge in [-0.1, -0.05) is 200 Å². The maximum absolute atomic E-state index is 2.59. The molecule has 0 fully saturated rings. The molecule has 0 N–H and O–H groups in total. The minimum atomic E-state index is -0.471. The zero-order valence-electron chi connectivity index (χ0n) is 36.8. The summed E-state index contributed by atoms with van der Waals surface area (Å²) in [4.78, 5) is 2.54. The van der Waals surface area contributed by atoms with Crippen LogP contribution in [0.5, 0.6) is 0 Å². The first-order valence-corrected chi connectivity index (χ1v) is 23.5. The van der Waals surface area contributed by atoms with Gasteiger partial charge in [0.15, 0.2) is 0 Å². The van der Waals surface area contributed by atoms with E-state index in [0.717, 1.165) is 24.2 Å².